The first-order chi connectivity index (χ1) is 13.6. The number of rotatable bonds is 5. The van der Waals surface area contributed by atoms with E-state index in [1.807, 2.05) is 22.4 Å². The smallest absolute Gasteiger partial charge is 0.340 e. The zero-order chi connectivity index (χ0) is 19.5. The molecule has 28 heavy (non-hydrogen) atoms. The lowest BCUT2D eigenvalue weighted by atomic mass is 9.97. The van der Waals surface area contributed by atoms with E-state index in [4.69, 9.17) is 0 Å². The molecule has 1 atom stereocenters. The highest BCUT2D eigenvalue weighted by Crippen LogP contribution is 2.26. The number of hydrogen-bond acceptors (Lipinski definition) is 6. The second kappa shape index (κ2) is 7.75. The zero-order valence-electron chi connectivity index (χ0n) is 15.7. The lowest BCUT2D eigenvalue weighted by Gasteiger charge is -2.32. The first-order valence-corrected chi connectivity index (χ1v) is 9.25. The summed E-state index contributed by atoms with van der Waals surface area (Å²) >= 11 is 0. The summed E-state index contributed by atoms with van der Waals surface area (Å²) in [6.07, 6.45) is 10.2. The van der Waals surface area contributed by atoms with Gasteiger partial charge < -0.3 is 14.0 Å². The maximum Gasteiger partial charge on any atom is 0.347 e. The topological polar surface area (TPSA) is 104 Å². The van der Waals surface area contributed by atoms with Crippen LogP contribution in [-0.2, 0) is 24.9 Å². The summed E-state index contributed by atoms with van der Waals surface area (Å²) in [6.45, 7) is 1.86. The molecule has 0 unspecified atom stereocenters. The van der Waals surface area contributed by atoms with E-state index in [0.717, 1.165) is 24.5 Å². The van der Waals surface area contributed by atoms with Crippen LogP contribution in [0.5, 0.6) is 0 Å². The largest absolute Gasteiger partial charge is 0.347 e. The van der Waals surface area contributed by atoms with Crippen molar-refractivity contribution in [2.75, 3.05) is 13.1 Å². The molecule has 4 heterocycles. The summed E-state index contributed by atoms with van der Waals surface area (Å²) in [4.78, 5) is 34.0. The lowest BCUT2D eigenvalue weighted by Crippen LogP contribution is -2.42. The third kappa shape index (κ3) is 3.71. The molecule has 10 nitrogen and oxygen atoms in total. The van der Waals surface area contributed by atoms with Gasteiger partial charge in [0.1, 0.15) is 12.4 Å². The summed E-state index contributed by atoms with van der Waals surface area (Å²) < 4.78 is 5.28. The molecule has 1 aliphatic heterocycles. The van der Waals surface area contributed by atoms with E-state index in [2.05, 4.69) is 20.2 Å². The van der Waals surface area contributed by atoms with Crippen LogP contribution in [0.1, 0.15) is 30.4 Å². The number of hydrogen-bond donors (Lipinski definition) is 0. The fourth-order valence-corrected chi connectivity index (χ4v) is 3.58. The fourth-order valence-electron chi connectivity index (χ4n) is 3.58. The van der Waals surface area contributed by atoms with Crippen LogP contribution < -0.4 is 5.69 Å². The standard InChI is InChI=1S/C18H22N8O2/c1-23-15(11-24-9-6-19-13-24)21-22-17(23)14-4-2-7-25(10-14)16(27)12-26-8-3-5-20-18(26)28/h3,5-6,8-9,13-14H,2,4,7,10-12H2,1H3/t14-/m0/s1. The molecule has 3 aromatic heterocycles. The maximum atomic E-state index is 12.7. The first kappa shape index (κ1) is 18.1. The molecule has 0 bridgehead atoms. The van der Waals surface area contributed by atoms with Crippen LogP contribution in [0, 0.1) is 0 Å². The predicted octanol–water partition coefficient (Wildman–Crippen LogP) is 0.0228. The van der Waals surface area contributed by atoms with Gasteiger partial charge in [0.15, 0.2) is 5.82 Å². The summed E-state index contributed by atoms with van der Waals surface area (Å²) in [6, 6.07) is 1.65. The fraction of sp³-hybridized carbons (Fsp3) is 0.444. The highest BCUT2D eigenvalue weighted by atomic mass is 16.2. The Morgan fingerprint density at radius 1 is 1.25 bits per heavy atom. The van der Waals surface area contributed by atoms with Crippen molar-refractivity contribution < 1.29 is 4.79 Å². The van der Waals surface area contributed by atoms with E-state index in [9.17, 15) is 9.59 Å². The van der Waals surface area contributed by atoms with Crippen LogP contribution in [0.3, 0.4) is 0 Å². The van der Waals surface area contributed by atoms with Crippen molar-refractivity contribution in [1.29, 1.82) is 0 Å². The molecule has 1 aliphatic rings. The Hall–Kier alpha value is -3.30. The molecule has 0 aromatic carbocycles. The molecule has 10 heteroatoms. The highest BCUT2D eigenvalue weighted by Gasteiger charge is 2.28. The van der Waals surface area contributed by atoms with Crippen molar-refractivity contribution in [3.8, 4) is 0 Å². The van der Waals surface area contributed by atoms with E-state index in [0.29, 0.717) is 19.6 Å². The summed E-state index contributed by atoms with van der Waals surface area (Å²) in [5.41, 5.74) is -0.415. The van der Waals surface area contributed by atoms with Gasteiger partial charge in [0.05, 0.1) is 12.9 Å². The molecule has 0 radical (unpaired) electrons. The van der Waals surface area contributed by atoms with Gasteiger partial charge in [-0.15, -0.1) is 10.2 Å². The van der Waals surface area contributed by atoms with Gasteiger partial charge >= 0.3 is 5.69 Å². The molecule has 1 amide bonds. The Morgan fingerprint density at radius 2 is 2.14 bits per heavy atom. The van der Waals surface area contributed by atoms with Gasteiger partial charge in [-0.25, -0.2) is 14.8 Å². The number of imidazole rings is 1. The van der Waals surface area contributed by atoms with Gasteiger partial charge in [0.25, 0.3) is 0 Å². The van der Waals surface area contributed by atoms with Gasteiger partial charge in [0, 0.05) is 50.8 Å². The number of carbonyl (C=O) groups excluding carboxylic acids is 1. The molecular formula is C18H22N8O2. The molecule has 3 aromatic rings. The molecule has 0 N–H and O–H groups in total. The van der Waals surface area contributed by atoms with Crippen molar-refractivity contribution >= 4 is 5.91 Å². The van der Waals surface area contributed by atoms with Gasteiger partial charge in [-0.05, 0) is 18.9 Å². The molecule has 1 saturated heterocycles. The number of aromatic nitrogens is 7. The van der Waals surface area contributed by atoms with Gasteiger partial charge in [0.2, 0.25) is 5.91 Å². The normalized spacial score (nSPS) is 17.0. The number of carbonyl (C=O) groups is 1. The summed E-state index contributed by atoms with van der Waals surface area (Å²) in [7, 11) is 1.96. The molecule has 1 fully saturated rings. The average Bonchev–Trinajstić information content (AvgIpc) is 3.34. The van der Waals surface area contributed by atoms with E-state index in [-0.39, 0.29) is 18.4 Å². The Morgan fingerprint density at radius 3 is 2.93 bits per heavy atom. The number of amides is 1. The number of likely N-dealkylation sites (tertiary alicyclic amines) is 1. The van der Waals surface area contributed by atoms with Gasteiger partial charge in [-0.1, -0.05) is 0 Å². The molecule has 4 rings (SSSR count). The second-order valence-corrected chi connectivity index (χ2v) is 6.98. The van der Waals surface area contributed by atoms with E-state index in [1.54, 1.807) is 29.7 Å². The molecular weight excluding hydrogens is 360 g/mol. The van der Waals surface area contributed by atoms with Crippen molar-refractivity contribution in [2.45, 2.75) is 31.8 Å². The van der Waals surface area contributed by atoms with E-state index >= 15 is 0 Å². The Balaban J connectivity index is 1.45. The van der Waals surface area contributed by atoms with Gasteiger partial charge in [-0.2, -0.15) is 0 Å². The molecule has 0 aliphatic carbocycles. The highest BCUT2D eigenvalue weighted by molar-refractivity contribution is 5.76. The molecule has 146 valence electrons. The Bertz CT molecular complexity index is 1010. The Kier molecular flexibility index (Phi) is 5.00. The number of piperidine rings is 1. The quantitative estimate of drug-likeness (QED) is 0.616. The van der Waals surface area contributed by atoms with E-state index < -0.39 is 5.69 Å². The second-order valence-electron chi connectivity index (χ2n) is 6.98. The molecule has 0 saturated carbocycles. The minimum Gasteiger partial charge on any atom is -0.340 e. The van der Waals surface area contributed by atoms with Gasteiger partial charge in [-0.3, -0.25) is 9.36 Å². The Labute approximate surface area is 161 Å². The minimum atomic E-state index is -0.415. The van der Waals surface area contributed by atoms with Crippen molar-refractivity contribution in [3.63, 3.8) is 0 Å². The van der Waals surface area contributed by atoms with Crippen molar-refractivity contribution in [3.05, 3.63) is 59.3 Å². The first-order valence-electron chi connectivity index (χ1n) is 9.25. The van der Waals surface area contributed by atoms with Crippen LogP contribution in [0.2, 0.25) is 0 Å². The summed E-state index contributed by atoms with van der Waals surface area (Å²) in [5.74, 6) is 1.77. The lowest BCUT2D eigenvalue weighted by molar-refractivity contribution is -0.133. The SMILES string of the molecule is Cn1c(Cn2ccnc2)nnc1[C@H]1CCCN(C(=O)Cn2cccnc2=O)C1. The summed E-state index contributed by atoms with van der Waals surface area (Å²) in [5, 5.41) is 8.71. The van der Waals surface area contributed by atoms with Crippen LogP contribution >= 0.6 is 0 Å². The average molecular weight is 382 g/mol. The van der Waals surface area contributed by atoms with Crippen molar-refractivity contribution in [1.82, 2.24) is 38.8 Å². The van der Waals surface area contributed by atoms with Crippen molar-refractivity contribution in [2.24, 2.45) is 7.05 Å². The monoisotopic (exact) mass is 382 g/mol. The molecule has 0 spiro atoms. The van der Waals surface area contributed by atoms with Crippen LogP contribution in [0.15, 0.2) is 42.0 Å². The maximum absolute atomic E-state index is 12.7. The third-order valence-corrected chi connectivity index (χ3v) is 5.11. The third-order valence-electron chi connectivity index (χ3n) is 5.11. The van der Waals surface area contributed by atoms with Crippen LogP contribution in [0.25, 0.3) is 0 Å². The predicted molar refractivity (Wildman–Crippen MR) is 99.4 cm³/mol. The number of nitrogens with zero attached hydrogens (tertiary/aromatic N) is 8. The zero-order valence-corrected chi connectivity index (χ0v) is 15.7. The van der Waals surface area contributed by atoms with Crippen LogP contribution in [-0.4, -0.2) is 57.8 Å². The van der Waals surface area contributed by atoms with Crippen LogP contribution in [0.4, 0.5) is 0 Å². The minimum absolute atomic E-state index is 0.00406. The van der Waals surface area contributed by atoms with E-state index in [1.165, 1.54) is 10.8 Å².